The van der Waals surface area contributed by atoms with Gasteiger partial charge < -0.3 is 10.1 Å². The van der Waals surface area contributed by atoms with Crippen molar-refractivity contribution in [2.75, 3.05) is 30.5 Å². The highest BCUT2D eigenvalue weighted by Gasteiger charge is 2.27. The minimum absolute atomic E-state index is 0.126. The molecule has 0 unspecified atom stereocenters. The number of benzene rings is 3. The molecule has 1 amide bonds. The molecule has 1 fully saturated rings. The standard InChI is InChI=1S/C28H33N3O4S/c1-2-35-26-15-13-25(14-16-26)31(36(33,34)27-11-4-3-5-12-27)22-28(32)29-20-23-9-8-10-24(19-23)21-30-17-6-7-18-30/h3-5,8-16,19H,2,6-7,17-18,20-22H2,1H3,(H,29,32). The maximum atomic E-state index is 13.5. The summed E-state index contributed by atoms with van der Waals surface area (Å²) in [4.78, 5) is 15.5. The van der Waals surface area contributed by atoms with E-state index in [9.17, 15) is 13.2 Å². The number of nitrogens with one attached hydrogen (secondary N) is 1. The molecular formula is C28H33N3O4S. The largest absolute Gasteiger partial charge is 0.494 e. The zero-order chi connectivity index (χ0) is 25.4. The van der Waals surface area contributed by atoms with Crippen LogP contribution in [0, 0.1) is 0 Å². The van der Waals surface area contributed by atoms with Crippen LogP contribution in [0.3, 0.4) is 0 Å². The molecule has 36 heavy (non-hydrogen) atoms. The van der Waals surface area contributed by atoms with E-state index in [1.165, 1.54) is 30.5 Å². The second-order valence-electron chi connectivity index (χ2n) is 8.83. The summed E-state index contributed by atoms with van der Waals surface area (Å²) in [6.45, 7) is 5.53. The number of likely N-dealkylation sites (tertiary alicyclic amines) is 1. The number of sulfonamides is 1. The molecule has 8 heteroatoms. The summed E-state index contributed by atoms with van der Waals surface area (Å²) in [5.74, 6) is 0.255. The molecule has 0 bridgehead atoms. The van der Waals surface area contributed by atoms with E-state index in [-0.39, 0.29) is 17.3 Å². The molecular weight excluding hydrogens is 474 g/mol. The third-order valence-corrected chi connectivity index (χ3v) is 7.93. The van der Waals surface area contributed by atoms with Crippen molar-refractivity contribution in [3.8, 4) is 5.75 Å². The molecule has 0 atom stereocenters. The van der Waals surface area contributed by atoms with Crippen molar-refractivity contribution in [3.63, 3.8) is 0 Å². The fourth-order valence-electron chi connectivity index (χ4n) is 4.33. The van der Waals surface area contributed by atoms with Gasteiger partial charge in [0, 0.05) is 13.1 Å². The van der Waals surface area contributed by atoms with E-state index in [0.717, 1.165) is 29.5 Å². The highest BCUT2D eigenvalue weighted by atomic mass is 32.2. The molecule has 1 saturated heterocycles. The molecule has 7 nitrogen and oxygen atoms in total. The van der Waals surface area contributed by atoms with Gasteiger partial charge in [-0.15, -0.1) is 0 Å². The van der Waals surface area contributed by atoms with Crippen LogP contribution < -0.4 is 14.4 Å². The van der Waals surface area contributed by atoms with Crippen LogP contribution >= 0.6 is 0 Å². The van der Waals surface area contributed by atoms with Crippen LogP contribution in [0.15, 0.2) is 83.8 Å². The Hall–Kier alpha value is -3.36. The lowest BCUT2D eigenvalue weighted by Crippen LogP contribution is -2.40. The van der Waals surface area contributed by atoms with Crippen molar-refractivity contribution < 1.29 is 17.9 Å². The van der Waals surface area contributed by atoms with E-state index in [0.29, 0.717) is 24.6 Å². The molecule has 0 saturated carbocycles. The summed E-state index contributed by atoms with van der Waals surface area (Å²) in [7, 11) is -3.95. The molecule has 1 aliphatic rings. The van der Waals surface area contributed by atoms with E-state index in [4.69, 9.17) is 4.74 Å². The molecule has 3 aromatic rings. The molecule has 1 heterocycles. The number of amides is 1. The Morgan fingerprint density at radius 1 is 0.944 bits per heavy atom. The smallest absolute Gasteiger partial charge is 0.264 e. The monoisotopic (exact) mass is 507 g/mol. The van der Waals surface area contributed by atoms with Crippen molar-refractivity contribution in [2.45, 2.75) is 37.8 Å². The highest BCUT2D eigenvalue weighted by molar-refractivity contribution is 7.92. The number of ether oxygens (including phenoxy) is 1. The first-order chi connectivity index (χ1) is 17.5. The van der Waals surface area contributed by atoms with Crippen LogP contribution in [0.5, 0.6) is 5.75 Å². The topological polar surface area (TPSA) is 79.0 Å². The molecule has 1 N–H and O–H groups in total. The Balaban J connectivity index is 1.47. The number of carbonyl (C=O) groups excluding carboxylic acids is 1. The van der Waals surface area contributed by atoms with Gasteiger partial charge in [0.05, 0.1) is 17.2 Å². The van der Waals surface area contributed by atoms with Crippen molar-refractivity contribution in [1.29, 1.82) is 0 Å². The van der Waals surface area contributed by atoms with Crippen LogP contribution in [-0.4, -0.2) is 45.5 Å². The molecule has 3 aromatic carbocycles. The maximum Gasteiger partial charge on any atom is 0.264 e. The van der Waals surface area contributed by atoms with Crippen molar-refractivity contribution in [3.05, 3.63) is 90.0 Å². The maximum absolute atomic E-state index is 13.5. The first-order valence-corrected chi connectivity index (χ1v) is 13.8. The second-order valence-corrected chi connectivity index (χ2v) is 10.7. The van der Waals surface area contributed by atoms with Crippen LogP contribution in [0.2, 0.25) is 0 Å². The fraction of sp³-hybridized carbons (Fsp3) is 0.321. The summed E-state index contributed by atoms with van der Waals surface area (Å²) in [6.07, 6.45) is 2.49. The van der Waals surface area contributed by atoms with Gasteiger partial charge in [0.1, 0.15) is 12.3 Å². The Kier molecular flexibility index (Phi) is 8.61. The van der Waals surface area contributed by atoms with Crippen LogP contribution in [0.1, 0.15) is 30.9 Å². The number of hydrogen-bond donors (Lipinski definition) is 1. The average Bonchev–Trinajstić information content (AvgIpc) is 3.40. The molecule has 0 radical (unpaired) electrons. The Morgan fingerprint density at radius 3 is 2.33 bits per heavy atom. The minimum Gasteiger partial charge on any atom is -0.494 e. The van der Waals surface area contributed by atoms with Crippen molar-refractivity contribution in [2.24, 2.45) is 0 Å². The molecule has 0 aliphatic carbocycles. The van der Waals surface area contributed by atoms with Gasteiger partial charge in [-0.3, -0.25) is 14.0 Å². The lowest BCUT2D eigenvalue weighted by molar-refractivity contribution is -0.119. The van der Waals surface area contributed by atoms with E-state index < -0.39 is 10.0 Å². The lowest BCUT2D eigenvalue weighted by Gasteiger charge is -2.24. The number of hydrogen-bond acceptors (Lipinski definition) is 5. The average molecular weight is 508 g/mol. The summed E-state index contributed by atoms with van der Waals surface area (Å²) in [6, 6.07) is 23.0. The van der Waals surface area contributed by atoms with E-state index >= 15 is 0 Å². The Bertz CT molecular complexity index is 1240. The predicted molar refractivity (Wildman–Crippen MR) is 141 cm³/mol. The first-order valence-electron chi connectivity index (χ1n) is 12.3. The lowest BCUT2D eigenvalue weighted by atomic mass is 10.1. The molecule has 0 spiro atoms. The van der Waals surface area contributed by atoms with Gasteiger partial charge >= 0.3 is 0 Å². The van der Waals surface area contributed by atoms with Crippen LogP contribution in [-0.2, 0) is 27.9 Å². The zero-order valence-corrected chi connectivity index (χ0v) is 21.4. The second kappa shape index (κ2) is 12.1. The quantitative estimate of drug-likeness (QED) is 0.421. The third-order valence-electron chi connectivity index (χ3n) is 6.14. The van der Waals surface area contributed by atoms with E-state index in [2.05, 4.69) is 22.3 Å². The van der Waals surface area contributed by atoms with Gasteiger partial charge in [-0.2, -0.15) is 0 Å². The van der Waals surface area contributed by atoms with Crippen LogP contribution in [0.4, 0.5) is 5.69 Å². The van der Waals surface area contributed by atoms with Gasteiger partial charge in [-0.1, -0.05) is 42.5 Å². The van der Waals surface area contributed by atoms with Gasteiger partial charge in [-0.05, 0) is 80.4 Å². The first kappa shape index (κ1) is 25.7. The molecule has 190 valence electrons. The third kappa shape index (κ3) is 6.65. The predicted octanol–water partition coefficient (Wildman–Crippen LogP) is 4.19. The van der Waals surface area contributed by atoms with E-state index in [1.807, 2.05) is 19.1 Å². The normalized spacial score (nSPS) is 13.9. The number of rotatable bonds is 11. The van der Waals surface area contributed by atoms with Gasteiger partial charge in [-0.25, -0.2) is 8.42 Å². The molecule has 0 aromatic heterocycles. The zero-order valence-electron chi connectivity index (χ0n) is 20.6. The summed E-state index contributed by atoms with van der Waals surface area (Å²) < 4.78 is 33.6. The number of carbonyl (C=O) groups is 1. The Labute approximate surface area is 213 Å². The number of anilines is 1. The fourth-order valence-corrected chi connectivity index (χ4v) is 5.78. The van der Waals surface area contributed by atoms with Gasteiger partial charge in [0.15, 0.2) is 0 Å². The SMILES string of the molecule is CCOc1ccc(N(CC(=O)NCc2cccc(CN3CCCC3)c2)S(=O)(=O)c2ccccc2)cc1. The minimum atomic E-state index is -3.95. The van der Waals surface area contributed by atoms with Gasteiger partial charge in [0.2, 0.25) is 5.91 Å². The van der Waals surface area contributed by atoms with Gasteiger partial charge in [0.25, 0.3) is 10.0 Å². The van der Waals surface area contributed by atoms with Crippen molar-refractivity contribution in [1.82, 2.24) is 10.2 Å². The van der Waals surface area contributed by atoms with Crippen molar-refractivity contribution >= 4 is 21.6 Å². The summed E-state index contributed by atoms with van der Waals surface area (Å²) in [5.41, 5.74) is 2.59. The molecule has 4 rings (SSSR count). The van der Waals surface area contributed by atoms with Crippen LogP contribution in [0.25, 0.3) is 0 Å². The Morgan fingerprint density at radius 2 is 1.64 bits per heavy atom. The van der Waals surface area contributed by atoms with E-state index in [1.54, 1.807) is 42.5 Å². The molecule has 1 aliphatic heterocycles. The number of nitrogens with zero attached hydrogens (tertiary/aromatic N) is 2. The summed E-state index contributed by atoms with van der Waals surface area (Å²) in [5, 5.41) is 2.89. The summed E-state index contributed by atoms with van der Waals surface area (Å²) >= 11 is 0. The highest BCUT2D eigenvalue weighted by Crippen LogP contribution is 2.26.